The number of fused-ring (bicyclic) bond motifs is 1. The second kappa shape index (κ2) is 8.76. The molecule has 2 aliphatic rings. The van der Waals surface area contributed by atoms with Crippen molar-refractivity contribution in [1.82, 2.24) is 10.2 Å². The number of carbonyl (C=O) groups excluding carboxylic acids is 1. The molecule has 2 N–H and O–H groups in total. The molecule has 1 saturated heterocycles. The van der Waals surface area contributed by atoms with Crippen LogP contribution in [-0.4, -0.2) is 43.0 Å². The molecule has 0 aliphatic carbocycles. The standard InChI is InChI=1S/C17H25N3O.2ClH/c1-12-11-13(8-10-20(12)2)19-17(21)15-5-3-7-16-14(15)6-4-9-18-16;;/h3,5,7,12-13,18H,4,6,8-11H2,1-2H3,(H,19,21);2*1H. The number of anilines is 1. The summed E-state index contributed by atoms with van der Waals surface area (Å²) < 4.78 is 0. The van der Waals surface area contributed by atoms with Gasteiger partial charge in [0.1, 0.15) is 0 Å². The summed E-state index contributed by atoms with van der Waals surface area (Å²) in [5, 5.41) is 6.63. The van der Waals surface area contributed by atoms with Crippen molar-refractivity contribution in [3.63, 3.8) is 0 Å². The van der Waals surface area contributed by atoms with Crippen molar-refractivity contribution in [2.75, 3.05) is 25.5 Å². The highest BCUT2D eigenvalue weighted by atomic mass is 35.5. The van der Waals surface area contributed by atoms with Crippen LogP contribution in [0.1, 0.15) is 42.1 Å². The minimum atomic E-state index is 0. The van der Waals surface area contributed by atoms with Gasteiger partial charge in [0.05, 0.1) is 0 Å². The molecule has 2 heterocycles. The number of hydrogen-bond acceptors (Lipinski definition) is 3. The van der Waals surface area contributed by atoms with E-state index in [1.807, 2.05) is 12.1 Å². The van der Waals surface area contributed by atoms with Crippen molar-refractivity contribution in [2.24, 2.45) is 0 Å². The van der Waals surface area contributed by atoms with E-state index in [1.165, 1.54) is 5.56 Å². The third-order valence-corrected chi connectivity index (χ3v) is 4.88. The SMILES string of the molecule is CC1CC(NC(=O)c2cccc3c2CCCN3)CCN1C.Cl.Cl. The number of amides is 1. The zero-order chi connectivity index (χ0) is 14.8. The summed E-state index contributed by atoms with van der Waals surface area (Å²) in [6, 6.07) is 6.85. The van der Waals surface area contributed by atoms with E-state index in [2.05, 4.69) is 35.6 Å². The Bertz CT molecular complexity index is 539. The maximum absolute atomic E-state index is 12.6. The normalized spacial score (nSPS) is 23.6. The smallest absolute Gasteiger partial charge is 0.251 e. The Labute approximate surface area is 151 Å². The second-order valence-corrected chi connectivity index (χ2v) is 6.39. The fourth-order valence-electron chi connectivity index (χ4n) is 3.41. The lowest BCUT2D eigenvalue weighted by Gasteiger charge is -2.35. The summed E-state index contributed by atoms with van der Waals surface area (Å²) in [5.74, 6) is 0.0947. The topological polar surface area (TPSA) is 44.4 Å². The Morgan fingerprint density at radius 3 is 2.87 bits per heavy atom. The molecule has 4 nitrogen and oxygen atoms in total. The second-order valence-electron chi connectivity index (χ2n) is 6.39. The van der Waals surface area contributed by atoms with Crippen molar-refractivity contribution in [3.05, 3.63) is 29.3 Å². The van der Waals surface area contributed by atoms with Gasteiger partial charge in [-0.05, 0) is 57.4 Å². The van der Waals surface area contributed by atoms with E-state index >= 15 is 0 Å². The highest BCUT2D eigenvalue weighted by Crippen LogP contribution is 2.25. The molecular formula is C17H27Cl2N3O. The zero-order valence-corrected chi connectivity index (χ0v) is 15.4. The van der Waals surface area contributed by atoms with Crippen LogP contribution in [0.15, 0.2) is 18.2 Å². The van der Waals surface area contributed by atoms with Gasteiger partial charge >= 0.3 is 0 Å². The summed E-state index contributed by atoms with van der Waals surface area (Å²) in [7, 11) is 2.15. The first-order chi connectivity index (χ1) is 10.1. The van der Waals surface area contributed by atoms with E-state index in [0.29, 0.717) is 12.1 Å². The zero-order valence-electron chi connectivity index (χ0n) is 13.8. The van der Waals surface area contributed by atoms with Crippen molar-refractivity contribution >= 4 is 36.4 Å². The van der Waals surface area contributed by atoms with Gasteiger partial charge < -0.3 is 15.5 Å². The van der Waals surface area contributed by atoms with Gasteiger partial charge in [-0.25, -0.2) is 0 Å². The number of rotatable bonds is 2. The van der Waals surface area contributed by atoms with Gasteiger partial charge in [0.2, 0.25) is 0 Å². The van der Waals surface area contributed by atoms with Gasteiger partial charge in [-0.2, -0.15) is 0 Å². The van der Waals surface area contributed by atoms with Crippen LogP contribution >= 0.6 is 24.8 Å². The first-order valence-corrected chi connectivity index (χ1v) is 8.02. The molecule has 6 heteroatoms. The van der Waals surface area contributed by atoms with E-state index in [0.717, 1.165) is 50.0 Å². The van der Waals surface area contributed by atoms with Crippen LogP contribution in [0.5, 0.6) is 0 Å². The van der Waals surface area contributed by atoms with E-state index < -0.39 is 0 Å². The van der Waals surface area contributed by atoms with Crippen molar-refractivity contribution in [3.8, 4) is 0 Å². The number of hydrogen-bond donors (Lipinski definition) is 2. The Balaban J connectivity index is 0.00000132. The van der Waals surface area contributed by atoms with Gasteiger partial charge in [-0.15, -0.1) is 24.8 Å². The molecule has 23 heavy (non-hydrogen) atoms. The van der Waals surface area contributed by atoms with Gasteiger partial charge in [-0.1, -0.05) is 6.07 Å². The number of nitrogens with one attached hydrogen (secondary N) is 2. The molecule has 1 aromatic rings. The fourth-order valence-corrected chi connectivity index (χ4v) is 3.41. The highest BCUT2D eigenvalue weighted by Gasteiger charge is 2.25. The number of carbonyl (C=O) groups is 1. The Morgan fingerprint density at radius 1 is 1.35 bits per heavy atom. The van der Waals surface area contributed by atoms with E-state index in [9.17, 15) is 4.79 Å². The minimum Gasteiger partial charge on any atom is -0.385 e. The van der Waals surface area contributed by atoms with E-state index in [1.54, 1.807) is 0 Å². The largest absolute Gasteiger partial charge is 0.385 e. The van der Waals surface area contributed by atoms with E-state index in [-0.39, 0.29) is 30.7 Å². The van der Waals surface area contributed by atoms with Crippen LogP contribution in [-0.2, 0) is 6.42 Å². The highest BCUT2D eigenvalue weighted by molar-refractivity contribution is 5.97. The Kier molecular flexibility index (Phi) is 7.65. The molecule has 1 amide bonds. The Hall–Kier alpha value is -0.970. The van der Waals surface area contributed by atoms with Crippen molar-refractivity contribution < 1.29 is 4.79 Å². The number of halogens is 2. The molecule has 0 radical (unpaired) electrons. The average Bonchev–Trinajstić information content (AvgIpc) is 2.50. The predicted octanol–water partition coefficient (Wildman–Crippen LogP) is 3.10. The molecule has 2 aliphatic heterocycles. The van der Waals surface area contributed by atoms with E-state index in [4.69, 9.17) is 0 Å². The molecule has 2 atom stereocenters. The fraction of sp³-hybridized carbons (Fsp3) is 0.588. The lowest BCUT2D eigenvalue weighted by Crippen LogP contribution is -2.47. The van der Waals surface area contributed by atoms with Gasteiger partial charge in [0, 0.05) is 36.4 Å². The van der Waals surface area contributed by atoms with Gasteiger partial charge in [0.15, 0.2) is 0 Å². The average molecular weight is 360 g/mol. The molecular weight excluding hydrogens is 333 g/mol. The van der Waals surface area contributed by atoms with Crippen molar-refractivity contribution in [2.45, 2.75) is 44.7 Å². The van der Waals surface area contributed by atoms with Gasteiger partial charge in [0.25, 0.3) is 5.91 Å². The first-order valence-electron chi connectivity index (χ1n) is 8.02. The third-order valence-electron chi connectivity index (χ3n) is 4.88. The third kappa shape index (κ3) is 4.52. The van der Waals surface area contributed by atoms with Crippen LogP contribution < -0.4 is 10.6 Å². The Morgan fingerprint density at radius 2 is 2.13 bits per heavy atom. The first kappa shape index (κ1) is 20.1. The number of nitrogens with zero attached hydrogens (tertiary/aromatic N) is 1. The monoisotopic (exact) mass is 359 g/mol. The van der Waals surface area contributed by atoms with Crippen LogP contribution in [0, 0.1) is 0 Å². The molecule has 2 unspecified atom stereocenters. The lowest BCUT2D eigenvalue weighted by atomic mass is 9.95. The number of likely N-dealkylation sites (tertiary alicyclic amines) is 1. The maximum atomic E-state index is 12.6. The number of benzene rings is 1. The molecule has 0 spiro atoms. The molecule has 0 bridgehead atoms. The molecule has 1 fully saturated rings. The molecule has 130 valence electrons. The van der Waals surface area contributed by atoms with Gasteiger partial charge in [-0.3, -0.25) is 4.79 Å². The van der Waals surface area contributed by atoms with Crippen LogP contribution in [0.4, 0.5) is 5.69 Å². The minimum absolute atomic E-state index is 0. The lowest BCUT2D eigenvalue weighted by molar-refractivity contribution is 0.0895. The number of piperidine rings is 1. The molecule has 1 aromatic carbocycles. The maximum Gasteiger partial charge on any atom is 0.251 e. The molecule has 0 saturated carbocycles. The summed E-state index contributed by atoms with van der Waals surface area (Å²) in [6.07, 6.45) is 4.17. The predicted molar refractivity (Wildman–Crippen MR) is 100 cm³/mol. The summed E-state index contributed by atoms with van der Waals surface area (Å²) in [6.45, 7) is 4.29. The van der Waals surface area contributed by atoms with Crippen LogP contribution in [0.3, 0.4) is 0 Å². The molecule has 3 rings (SSSR count). The molecule has 0 aromatic heterocycles. The van der Waals surface area contributed by atoms with Crippen LogP contribution in [0.25, 0.3) is 0 Å². The quantitative estimate of drug-likeness (QED) is 0.852. The summed E-state index contributed by atoms with van der Waals surface area (Å²) in [4.78, 5) is 15.0. The summed E-state index contributed by atoms with van der Waals surface area (Å²) in [5.41, 5.74) is 3.17. The summed E-state index contributed by atoms with van der Waals surface area (Å²) >= 11 is 0. The van der Waals surface area contributed by atoms with Crippen molar-refractivity contribution in [1.29, 1.82) is 0 Å². The van der Waals surface area contributed by atoms with Crippen LogP contribution in [0.2, 0.25) is 0 Å².